The highest BCUT2D eigenvalue weighted by Crippen LogP contribution is 2.22. The molecule has 2 heterocycles. The van der Waals surface area contributed by atoms with Crippen LogP contribution in [0, 0.1) is 0 Å². The summed E-state index contributed by atoms with van der Waals surface area (Å²) in [5.41, 5.74) is 0. The fraction of sp³-hybridized carbons (Fsp3) is 0.364. The molecule has 0 atom stereocenters. The quantitative estimate of drug-likeness (QED) is 0.866. The lowest BCUT2D eigenvalue weighted by Gasteiger charge is -2.06. The maximum Gasteiger partial charge on any atom is 0.253 e. The van der Waals surface area contributed by atoms with Gasteiger partial charge in [-0.1, -0.05) is 0 Å². The van der Waals surface area contributed by atoms with Gasteiger partial charge in [0.1, 0.15) is 0 Å². The van der Waals surface area contributed by atoms with E-state index in [0.29, 0.717) is 22.1 Å². The Morgan fingerprint density at radius 2 is 2.11 bits per heavy atom. The van der Waals surface area contributed by atoms with Crippen molar-refractivity contribution in [2.45, 2.75) is 20.0 Å². The SMILES string of the molecule is COc1nc(-n2cc(OC(C)C)cn2)ncc1Br. The summed E-state index contributed by atoms with van der Waals surface area (Å²) < 4.78 is 12.9. The van der Waals surface area contributed by atoms with E-state index in [-0.39, 0.29) is 6.10 Å². The summed E-state index contributed by atoms with van der Waals surface area (Å²) in [6, 6.07) is 0. The van der Waals surface area contributed by atoms with Crippen LogP contribution < -0.4 is 9.47 Å². The predicted molar refractivity (Wildman–Crippen MR) is 69.2 cm³/mol. The lowest BCUT2D eigenvalue weighted by atomic mass is 10.5. The average Bonchev–Trinajstić information content (AvgIpc) is 2.77. The molecule has 96 valence electrons. The Morgan fingerprint density at radius 3 is 2.78 bits per heavy atom. The molecule has 2 aromatic rings. The van der Waals surface area contributed by atoms with E-state index >= 15 is 0 Å². The highest BCUT2D eigenvalue weighted by Gasteiger charge is 2.09. The van der Waals surface area contributed by atoms with E-state index in [1.165, 1.54) is 4.68 Å². The number of halogens is 1. The van der Waals surface area contributed by atoms with Gasteiger partial charge in [0.05, 0.1) is 36.3 Å². The Kier molecular flexibility index (Phi) is 3.81. The molecular weight excluding hydrogens is 300 g/mol. The molecule has 0 amide bonds. The first-order valence-electron chi connectivity index (χ1n) is 5.38. The van der Waals surface area contributed by atoms with Gasteiger partial charge in [0.25, 0.3) is 5.95 Å². The number of aromatic nitrogens is 4. The second-order valence-electron chi connectivity index (χ2n) is 3.81. The highest BCUT2D eigenvalue weighted by atomic mass is 79.9. The fourth-order valence-electron chi connectivity index (χ4n) is 1.34. The van der Waals surface area contributed by atoms with Gasteiger partial charge in [-0.25, -0.2) is 9.67 Å². The molecule has 2 aromatic heterocycles. The minimum Gasteiger partial charge on any atom is -0.488 e. The largest absolute Gasteiger partial charge is 0.488 e. The van der Waals surface area contributed by atoms with Crippen LogP contribution in [-0.4, -0.2) is 33.0 Å². The first kappa shape index (κ1) is 12.8. The lowest BCUT2D eigenvalue weighted by molar-refractivity contribution is 0.242. The van der Waals surface area contributed by atoms with Crippen molar-refractivity contribution in [1.82, 2.24) is 19.7 Å². The molecule has 2 rings (SSSR count). The summed E-state index contributed by atoms with van der Waals surface area (Å²) in [4.78, 5) is 8.37. The zero-order valence-electron chi connectivity index (χ0n) is 10.3. The molecule has 0 spiro atoms. The lowest BCUT2D eigenvalue weighted by Crippen LogP contribution is -2.05. The van der Waals surface area contributed by atoms with Gasteiger partial charge in [-0.2, -0.15) is 10.1 Å². The first-order chi connectivity index (χ1) is 8.60. The summed E-state index contributed by atoms with van der Waals surface area (Å²) in [7, 11) is 1.55. The van der Waals surface area contributed by atoms with Gasteiger partial charge >= 0.3 is 0 Å². The molecule has 0 radical (unpaired) electrons. The second kappa shape index (κ2) is 5.34. The Labute approximate surface area is 113 Å². The number of rotatable bonds is 4. The summed E-state index contributed by atoms with van der Waals surface area (Å²) in [5.74, 6) is 1.56. The second-order valence-corrected chi connectivity index (χ2v) is 4.67. The Balaban J connectivity index is 2.28. The molecule has 0 fully saturated rings. The molecule has 0 aliphatic heterocycles. The van der Waals surface area contributed by atoms with E-state index in [2.05, 4.69) is 31.0 Å². The van der Waals surface area contributed by atoms with E-state index in [4.69, 9.17) is 9.47 Å². The van der Waals surface area contributed by atoms with Gasteiger partial charge in [-0.05, 0) is 29.8 Å². The molecular formula is C11H13BrN4O2. The molecule has 18 heavy (non-hydrogen) atoms. The van der Waals surface area contributed by atoms with Crippen LogP contribution in [0.3, 0.4) is 0 Å². The Morgan fingerprint density at radius 1 is 1.33 bits per heavy atom. The molecule has 6 nitrogen and oxygen atoms in total. The summed E-state index contributed by atoms with van der Waals surface area (Å²) in [6.45, 7) is 3.91. The normalized spacial score (nSPS) is 10.7. The Hall–Kier alpha value is -1.63. The van der Waals surface area contributed by atoms with Gasteiger partial charge in [0.15, 0.2) is 5.75 Å². The van der Waals surface area contributed by atoms with Gasteiger partial charge in [-0.15, -0.1) is 0 Å². The number of hydrogen-bond acceptors (Lipinski definition) is 5. The van der Waals surface area contributed by atoms with E-state index in [0.717, 1.165) is 0 Å². The topological polar surface area (TPSA) is 62.1 Å². The molecule has 0 aromatic carbocycles. The third-order valence-corrected chi connectivity index (χ3v) is 2.57. The zero-order valence-corrected chi connectivity index (χ0v) is 11.9. The average molecular weight is 313 g/mol. The van der Waals surface area contributed by atoms with Crippen LogP contribution in [0.4, 0.5) is 0 Å². The maximum absolute atomic E-state index is 5.52. The van der Waals surface area contributed by atoms with Gasteiger partial charge in [0, 0.05) is 0 Å². The van der Waals surface area contributed by atoms with Gasteiger partial charge < -0.3 is 9.47 Å². The fourth-order valence-corrected chi connectivity index (χ4v) is 1.70. The molecule has 0 aliphatic rings. The van der Waals surface area contributed by atoms with Crippen LogP contribution in [0.25, 0.3) is 5.95 Å². The predicted octanol–water partition coefficient (Wildman–Crippen LogP) is 2.22. The van der Waals surface area contributed by atoms with Crippen LogP contribution in [-0.2, 0) is 0 Å². The number of nitrogens with zero attached hydrogens (tertiary/aromatic N) is 4. The van der Waals surface area contributed by atoms with Crippen molar-refractivity contribution in [3.8, 4) is 17.6 Å². The summed E-state index contributed by atoms with van der Waals surface area (Å²) in [6.07, 6.45) is 5.06. The molecule has 0 saturated carbocycles. The smallest absolute Gasteiger partial charge is 0.253 e. The molecule has 0 aliphatic carbocycles. The van der Waals surface area contributed by atoms with Gasteiger partial charge in [-0.3, -0.25) is 0 Å². The van der Waals surface area contributed by atoms with E-state index < -0.39 is 0 Å². The number of ether oxygens (including phenoxy) is 2. The van der Waals surface area contributed by atoms with Crippen LogP contribution >= 0.6 is 15.9 Å². The van der Waals surface area contributed by atoms with Crippen molar-refractivity contribution in [2.75, 3.05) is 7.11 Å². The number of methoxy groups -OCH3 is 1. The van der Waals surface area contributed by atoms with E-state index in [9.17, 15) is 0 Å². The minimum atomic E-state index is 0.100. The van der Waals surface area contributed by atoms with Crippen molar-refractivity contribution in [3.63, 3.8) is 0 Å². The van der Waals surface area contributed by atoms with Crippen molar-refractivity contribution in [2.24, 2.45) is 0 Å². The molecule has 0 N–H and O–H groups in total. The third-order valence-electron chi connectivity index (χ3n) is 2.03. The molecule has 0 saturated heterocycles. The molecule has 7 heteroatoms. The maximum atomic E-state index is 5.52. The van der Waals surface area contributed by atoms with Crippen molar-refractivity contribution in [3.05, 3.63) is 23.1 Å². The van der Waals surface area contributed by atoms with Crippen LogP contribution in [0.1, 0.15) is 13.8 Å². The van der Waals surface area contributed by atoms with E-state index in [1.807, 2.05) is 13.8 Å². The summed E-state index contributed by atoms with van der Waals surface area (Å²) >= 11 is 3.30. The molecule has 0 unspecified atom stereocenters. The highest BCUT2D eigenvalue weighted by molar-refractivity contribution is 9.10. The van der Waals surface area contributed by atoms with Crippen LogP contribution in [0.5, 0.6) is 11.6 Å². The molecule has 0 bridgehead atoms. The van der Waals surface area contributed by atoms with E-state index in [1.54, 1.807) is 25.7 Å². The third kappa shape index (κ3) is 2.79. The van der Waals surface area contributed by atoms with Crippen LogP contribution in [0.15, 0.2) is 23.1 Å². The Bertz CT molecular complexity index is 542. The monoisotopic (exact) mass is 312 g/mol. The van der Waals surface area contributed by atoms with Crippen molar-refractivity contribution in [1.29, 1.82) is 0 Å². The zero-order chi connectivity index (χ0) is 13.1. The van der Waals surface area contributed by atoms with Crippen LogP contribution in [0.2, 0.25) is 0 Å². The number of hydrogen-bond donors (Lipinski definition) is 0. The van der Waals surface area contributed by atoms with Crippen molar-refractivity contribution < 1.29 is 9.47 Å². The van der Waals surface area contributed by atoms with Gasteiger partial charge in [0.2, 0.25) is 5.88 Å². The summed E-state index contributed by atoms with van der Waals surface area (Å²) in [5, 5.41) is 4.14. The van der Waals surface area contributed by atoms with Crippen molar-refractivity contribution >= 4 is 15.9 Å². The minimum absolute atomic E-state index is 0.100. The standard InChI is InChI=1S/C11H13BrN4O2/c1-7(2)18-8-4-14-16(6-8)11-13-5-9(12)10(15-11)17-3/h4-7H,1-3H3. The first-order valence-corrected chi connectivity index (χ1v) is 6.17.